The van der Waals surface area contributed by atoms with Crippen molar-refractivity contribution in [2.75, 3.05) is 41.0 Å². The van der Waals surface area contributed by atoms with Crippen LogP contribution in [0, 0.1) is 5.92 Å². The van der Waals surface area contributed by atoms with Crippen molar-refractivity contribution in [1.82, 2.24) is 10.2 Å². The first-order chi connectivity index (χ1) is 23.6. The quantitative estimate of drug-likeness (QED) is 0.104. The topological polar surface area (TPSA) is 124 Å². The number of pyridine rings is 1. The number of nitrogens with one attached hydrogen (secondary N) is 1. The predicted octanol–water partition coefficient (Wildman–Crippen LogP) is 5.05. The number of likely N-dealkylation sites (tertiary alicyclic amines) is 1. The van der Waals surface area contributed by atoms with Gasteiger partial charge in [-0.1, -0.05) is 59.6 Å². The van der Waals surface area contributed by atoms with E-state index in [0.717, 1.165) is 47.6 Å². The van der Waals surface area contributed by atoms with E-state index in [1.165, 1.54) is 26.6 Å². The van der Waals surface area contributed by atoms with Crippen LogP contribution in [0.2, 0.25) is 10.0 Å². The standard InChI is InChI=1S/C36H39Cl2N3O7S/c1-40-13-11-22(12-14-40)21-48-36(44)33(23-7-5-4-6-8-23)39-18-25-16-27(34(49-25)35(42)43)26(17-28-29(37)19-41(45)20-30(28)38)24-9-10-31(46-2)32(15-24)47-3/h4-10,15-16,19-20,22,26,33,39H,11-14,17-18,21H2,1-3H3,(H-,42,43,45)/t26-,33?/m0/s1. The lowest BCUT2D eigenvalue weighted by Gasteiger charge is -2.29. The maximum atomic E-state index is 13.5. The van der Waals surface area contributed by atoms with Gasteiger partial charge in [0.2, 0.25) is 12.4 Å². The van der Waals surface area contributed by atoms with Crippen molar-refractivity contribution in [2.45, 2.75) is 37.8 Å². The molecule has 10 nitrogen and oxygen atoms in total. The van der Waals surface area contributed by atoms with Gasteiger partial charge in [0.15, 0.2) is 11.5 Å². The van der Waals surface area contributed by atoms with Crippen LogP contribution in [0.15, 0.2) is 67.0 Å². The number of methoxy groups -OCH3 is 2. The molecule has 1 aliphatic rings. The first-order valence-electron chi connectivity index (χ1n) is 15.9. The van der Waals surface area contributed by atoms with Crippen LogP contribution in [0.5, 0.6) is 11.5 Å². The van der Waals surface area contributed by atoms with Crippen LogP contribution in [-0.2, 0) is 22.5 Å². The molecule has 0 aliphatic carbocycles. The summed E-state index contributed by atoms with van der Waals surface area (Å²) < 4.78 is 17.6. The number of carboxylic acids is 1. The van der Waals surface area contributed by atoms with Crippen molar-refractivity contribution < 1.29 is 38.8 Å². The summed E-state index contributed by atoms with van der Waals surface area (Å²) in [5.41, 5.74) is 2.44. The highest BCUT2D eigenvalue weighted by Crippen LogP contribution is 2.41. The zero-order valence-electron chi connectivity index (χ0n) is 27.5. The molecule has 2 atom stereocenters. The molecule has 260 valence electrons. The molecule has 0 saturated carbocycles. The summed E-state index contributed by atoms with van der Waals surface area (Å²) in [7, 11) is 5.14. The fourth-order valence-electron chi connectivity index (χ4n) is 6.08. The van der Waals surface area contributed by atoms with E-state index >= 15 is 0 Å². The minimum Gasteiger partial charge on any atom is -0.544 e. The number of hydrogen-bond acceptors (Lipinski definition) is 10. The Hall–Kier alpha value is -3.87. The van der Waals surface area contributed by atoms with Gasteiger partial charge in [-0.05, 0) is 80.2 Å². The molecule has 1 aliphatic heterocycles. The summed E-state index contributed by atoms with van der Waals surface area (Å²) in [5, 5.41) is 26.3. The molecule has 2 aromatic heterocycles. The first-order valence-corrected chi connectivity index (χ1v) is 17.4. The largest absolute Gasteiger partial charge is 0.544 e. The van der Waals surface area contributed by atoms with E-state index in [2.05, 4.69) is 17.3 Å². The molecule has 2 N–H and O–H groups in total. The Morgan fingerprint density at radius 1 is 1.02 bits per heavy atom. The highest BCUT2D eigenvalue weighted by Gasteiger charge is 2.28. The maximum absolute atomic E-state index is 13.5. The van der Waals surface area contributed by atoms with Crippen molar-refractivity contribution in [2.24, 2.45) is 5.92 Å². The summed E-state index contributed by atoms with van der Waals surface area (Å²) in [6, 6.07) is 15.7. The number of esters is 1. The lowest BCUT2D eigenvalue weighted by atomic mass is 9.85. The number of aromatic nitrogens is 1. The average molecular weight is 729 g/mol. The minimum atomic E-state index is -1.34. The number of carbonyl (C=O) groups excluding carboxylic acids is 2. The molecule has 4 aromatic rings. The highest BCUT2D eigenvalue weighted by atomic mass is 35.5. The lowest BCUT2D eigenvalue weighted by Crippen LogP contribution is -2.34. The molecule has 3 heterocycles. The van der Waals surface area contributed by atoms with Crippen LogP contribution < -0.4 is 24.6 Å². The summed E-state index contributed by atoms with van der Waals surface area (Å²) >= 11 is 14.1. The highest BCUT2D eigenvalue weighted by molar-refractivity contribution is 7.14. The maximum Gasteiger partial charge on any atom is 0.327 e. The van der Waals surface area contributed by atoms with Gasteiger partial charge in [0.05, 0.1) is 31.7 Å². The van der Waals surface area contributed by atoms with E-state index in [1.807, 2.05) is 36.4 Å². The van der Waals surface area contributed by atoms with Crippen LogP contribution >= 0.6 is 34.5 Å². The molecule has 1 unspecified atom stereocenters. The van der Waals surface area contributed by atoms with E-state index in [0.29, 0.717) is 45.6 Å². The molecule has 0 radical (unpaired) electrons. The molecule has 1 fully saturated rings. The third-order valence-corrected chi connectivity index (χ3v) is 10.6. The van der Waals surface area contributed by atoms with Crippen molar-refractivity contribution in [3.8, 4) is 11.5 Å². The van der Waals surface area contributed by atoms with E-state index in [9.17, 15) is 19.9 Å². The summed E-state index contributed by atoms with van der Waals surface area (Å²) in [6.45, 7) is 2.48. The number of halogens is 2. The second-order valence-corrected chi connectivity index (χ2v) is 14.0. The van der Waals surface area contributed by atoms with Crippen LogP contribution in [0.3, 0.4) is 0 Å². The van der Waals surface area contributed by atoms with Gasteiger partial charge in [-0.25, -0.2) is 4.79 Å². The zero-order chi connectivity index (χ0) is 35.1. The van der Waals surface area contributed by atoms with Crippen LogP contribution in [0.4, 0.5) is 0 Å². The van der Waals surface area contributed by atoms with Gasteiger partial charge in [-0.2, -0.15) is 0 Å². The average Bonchev–Trinajstić information content (AvgIpc) is 3.52. The molecule has 0 spiro atoms. The van der Waals surface area contributed by atoms with Crippen LogP contribution in [0.1, 0.15) is 61.6 Å². The molecule has 0 amide bonds. The zero-order valence-corrected chi connectivity index (χ0v) is 29.8. The number of hydrogen-bond donors (Lipinski definition) is 2. The van der Waals surface area contributed by atoms with Crippen molar-refractivity contribution in [3.05, 3.63) is 109 Å². The Labute approximate surface area is 299 Å². The number of carbonyl (C=O) groups is 2. The second kappa shape index (κ2) is 16.7. The Morgan fingerprint density at radius 3 is 2.33 bits per heavy atom. The Kier molecular flexibility index (Phi) is 12.4. The fourth-order valence-corrected chi connectivity index (χ4v) is 7.69. The van der Waals surface area contributed by atoms with Gasteiger partial charge in [0, 0.05) is 27.6 Å². The third kappa shape index (κ3) is 9.03. The van der Waals surface area contributed by atoms with Crippen molar-refractivity contribution in [1.29, 1.82) is 0 Å². The van der Waals surface area contributed by atoms with E-state index in [4.69, 9.17) is 37.4 Å². The first kappa shape index (κ1) is 36.4. The third-order valence-electron chi connectivity index (χ3n) is 8.81. The summed E-state index contributed by atoms with van der Waals surface area (Å²) in [5.74, 6) is -1.03. The SMILES string of the molecule is COc1ccc([C@H](Cc2c(Cl)c[n+](O)cc2Cl)c2cc(CNC(C(=O)OCC3CCN(C)CC3)c3ccccc3)sc2C(=O)[O-])cc1OC. The number of nitrogens with zero attached hydrogens (tertiary/aromatic N) is 2. The van der Waals surface area contributed by atoms with Crippen molar-refractivity contribution in [3.63, 3.8) is 0 Å². The van der Waals surface area contributed by atoms with E-state index < -0.39 is 17.9 Å². The molecular weight excluding hydrogens is 689 g/mol. The van der Waals surface area contributed by atoms with E-state index in [1.54, 1.807) is 18.2 Å². The van der Waals surface area contributed by atoms with Gasteiger partial charge >= 0.3 is 5.97 Å². The number of piperidine rings is 1. The second-order valence-electron chi connectivity index (χ2n) is 12.1. The Morgan fingerprint density at radius 2 is 1.69 bits per heavy atom. The number of carboxylic acid groups (broad SMARTS) is 1. The number of thiophene rings is 1. The van der Waals surface area contributed by atoms with Gasteiger partial charge in [-0.3, -0.25) is 10.5 Å². The number of ether oxygens (including phenoxy) is 3. The molecular formula is C36H39Cl2N3O7S. The molecule has 2 aromatic carbocycles. The minimum absolute atomic E-state index is 0.0260. The van der Waals surface area contributed by atoms with Gasteiger partial charge in [0.25, 0.3) is 0 Å². The number of rotatable bonds is 14. The molecule has 0 bridgehead atoms. The molecule has 5 rings (SSSR count). The smallest absolute Gasteiger partial charge is 0.327 e. The van der Waals surface area contributed by atoms with E-state index in [-0.39, 0.29) is 33.9 Å². The van der Waals surface area contributed by atoms with Crippen LogP contribution in [0.25, 0.3) is 0 Å². The van der Waals surface area contributed by atoms with Crippen molar-refractivity contribution >= 4 is 46.5 Å². The molecule has 1 saturated heterocycles. The molecule has 13 heteroatoms. The fraction of sp³-hybridized carbons (Fsp3) is 0.361. The Balaban J connectivity index is 1.46. The lowest BCUT2D eigenvalue weighted by molar-refractivity contribution is -0.904. The predicted molar refractivity (Wildman–Crippen MR) is 185 cm³/mol. The van der Waals surface area contributed by atoms with Gasteiger partial charge < -0.3 is 29.0 Å². The number of aromatic carboxylic acids is 1. The summed E-state index contributed by atoms with van der Waals surface area (Å²) in [6.07, 6.45) is 4.75. The van der Waals surface area contributed by atoms with Gasteiger partial charge in [0.1, 0.15) is 16.1 Å². The van der Waals surface area contributed by atoms with Crippen LogP contribution in [-0.4, -0.2) is 63.0 Å². The Bertz CT molecular complexity index is 1740. The monoisotopic (exact) mass is 727 g/mol. The number of benzene rings is 2. The summed E-state index contributed by atoms with van der Waals surface area (Å²) in [4.78, 5) is 29.1. The normalized spacial score (nSPS) is 15.0. The molecule has 49 heavy (non-hydrogen) atoms. The van der Waals surface area contributed by atoms with Gasteiger partial charge in [-0.15, -0.1) is 11.3 Å².